The van der Waals surface area contributed by atoms with Crippen molar-refractivity contribution in [2.45, 2.75) is 44.8 Å². The summed E-state index contributed by atoms with van der Waals surface area (Å²) in [5.74, 6) is 1.37. The molecule has 5 heteroatoms. The van der Waals surface area contributed by atoms with E-state index in [9.17, 15) is 0 Å². The van der Waals surface area contributed by atoms with E-state index in [1.165, 1.54) is 6.42 Å². The quantitative estimate of drug-likeness (QED) is 0.830. The van der Waals surface area contributed by atoms with Crippen molar-refractivity contribution in [2.75, 3.05) is 13.7 Å². The van der Waals surface area contributed by atoms with Crippen molar-refractivity contribution in [1.82, 2.24) is 15.5 Å². The first-order valence-corrected chi connectivity index (χ1v) is 5.94. The molecule has 1 aliphatic heterocycles. The Morgan fingerprint density at radius 1 is 1.62 bits per heavy atom. The maximum Gasteiger partial charge on any atom is 0.243 e. The highest BCUT2D eigenvalue weighted by atomic mass is 16.5. The highest BCUT2D eigenvalue weighted by molar-refractivity contribution is 4.97. The van der Waals surface area contributed by atoms with Crippen LogP contribution < -0.4 is 5.32 Å². The Bertz CT molecular complexity index is 321. The second-order valence-corrected chi connectivity index (χ2v) is 4.15. The van der Waals surface area contributed by atoms with Crippen LogP contribution in [0.25, 0.3) is 0 Å². The lowest BCUT2D eigenvalue weighted by Gasteiger charge is -2.08. The number of methoxy groups -OCH3 is 1. The van der Waals surface area contributed by atoms with E-state index in [2.05, 4.69) is 22.4 Å². The maximum absolute atomic E-state index is 5.35. The maximum atomic E-state index is 5.35. The Hall–Kier alpha value is -0.940. The number of aromatic nitrogens is 2. The molecule has 0 saturated carbocycles. The van der Waals surface area contributed by atoms with Crippen LogP contribution in [0.2, 0.25) is 0 Å². The fraction of sp³-hybridized carbons (Fsp3) is 0.818. The molecule has 1 aromatic rings. The number of hydrogen-bond donors (Lipinski definition) is 1. The minimum absolute atomic E-state index is 0.0381. The van der Waals surface area contributed by atoms with Gasteiger partial charge >= 0.3 is 0 Å². The lowest BCUT2D eigenvalue weighted by Crippen LogP contribution is -2.13. The SMILES string of the molecule is CCCC(OC)c1noc([C@@H]2CCCN2)n1. The van der Waals surface area contributed by atoms with Crippen molar-refractivity contribution < 1.29 is 9.26 Å². The third-order valence-corrected chi connectivity index (χ3v) is 2.94. The average Bonchev–Trinajstić information content (AvgIpc) is 2.95. The minimum atomic E-state index is -0.0381. The average molecular weight is 225 g/mol. The monoisotopic (exact) mass is 225 g/mol. The summed E-state index contributed by atoms with van der Waals surface area (Å²) in [6, 6.07) is 0.236. The number of nitrogens with zero attached hydrogens (tertiary/aromatic N) is 2. The van der Waals surface area contributed by atoms with Gasteiger partial charge < -0.3 is 14.6 Å². The molecule has 0 amide bonds. The van der Waals surface area contributed by atoms with E-state index < -0.39 is 0 Å². The number of nitrogens with one attached hydrogen (secondary N) is 1. The first-order chi connectivity index (χ1) is 7.85. The van der Waals surface area contributed by atoms with E-state index in [0.717, 1.165) is 25.8 Å². The Kier molecular flexibility index (Phi) is 3.90. The van der Waals surface area contributed by atoms with E-state index in [0.29, 0.717) is 11.7 Å². The van der Waals surface area contributed by atoms with Gasteiger partial charge in [-0.2, -0.15) is 4.98 Å². The van der Waals surface area contributed by atoms with E-state index >= 15 is 0 Å². The highest BCUT2D eigenvalue weighted by Crippen LogP contribution is 2.24. The molecule has 5 nitrogen and oxygen atoms in total. The van der Waals surface area contributed by atoms with Crippen LogP contribution in [0.1, 0.15) is 56.5 Å². The van der Waals surface area contributed by atoms with Crippen LogP contribution in [0.4, 0.5) is 0 Å². The summed E-state index contributed by atoms with van der Waals surface area (Å²) in [5.41, 5.74) is 0. The number of rotatable bonds is 5. The smallest absolute Gasteiger partial charge is 0.243 e. The minimum Gasteiger partial charge on any atom is -0.373 e. The summed E-state index contributed by atoms with van der Waals surface area (Å²) in [5, 5.41) is 7.34. The number of ether oxygens (including phenoxy) is 1. The molecule has 1 saturated heterocycles. The molecule has 1 aromatic heterocycles. The molecule has 0 aliphatic carbocycles. The zero-order chi connectivity index (χ0) is 11.4. The van der Waals surface area contributed by atoms with Gasteiger partial charge in [-0.25, -0.2) is 0 Å². The van der Waals surface area contributed by atoms with Gasteiger partial charge in [0.15, 0.2) is 0 Å². The predicted molar refractivity (Wildman–Crippen MR) is 58.9 cm³/mol. The summed E-state index contributed by atoms with van der Waals surface area (Å²) in [6.45, 7) is 3.15. The molecule has 2 heterocycles. The van der Waals surface area contributed by atoms with Crippen LogP contribution >= 0.6 is 0 Å². The van der Waals surface area contributed by atoms with Gasteiger partial charge in [-0.15, -0.1) is 0 Å². The standard InChI is InChI=1S/C11H19N3O2/c1-3-5-9(15-2)10-13-11(16-14-10)8-6-4-7-12-8/h8-9,12H,3-7H2,1-2H3/t8-,9?/m0/s1. The van der Waals surface area contributed by atoms with Gasteiger partial charge in [-0.3, -0.25) is 0 Å². The molecule has 0 radical (unpaired) electrons. The molecular weight excluding hydrogens is 206 g/mol. The molecule has 0 spiro atoms. The molecule has 1 unspecified atom stereocenters. The van der Waals surface area contributed by atoms with Crippen molar-refractivity contribution >= 4 is 0 Å². The summed E-state index contributed by atoms with van der Waals surface area (Å²) in [7, 11) is 1.68. The van der Waals surface area contributed by atoms with Crippen LogP contribution in [0.15, 0.2) is 4.52 Å². The summed E-state index contributed by atoms with van der Waals surface area (Å²) in [4.78, 5) is 4.42. The zero-order valence-electron chi connectivity index (χ0n) is 9.90. The molecule has 16 heavy (non-hydrogen) atoms. The van der Waals surface area contributed by atoms with Gasteiger partial charge in [0.25, 0.3) is 0 Å². The van der Waals surface area contributed by atoms with Crippen LogP contribution in [-0.2, 0) is 4.74 Å². The topological polar surface area (TPSA) is 60.2 Å². The molecule has 0 aromatic carbocycles. The second kappa shape index (κ2) is 5.41. The van der Waals surface area contributed by atoms with E-state index in [-0.39, 0.29) is 12.1 Å². The van der Waals surface area contributed by atoms with Gasteiger partial charge in [-0.05, 0) is 25.8 Å². The number of hydrogen-bond acceptors (Lipinski definition) is 5. The van der Waals surface area contributed by atoms with Crippen LogP contribution in [-0.4, -0.2) is 23.8 Å². The first-order valence-electron chi connectivity index (χ1n) is 5.94. The molecule has 1 aliphatic rings. The van der Waals surface area contributed by atoms with Crippen molar-refractivity contribution in [1.29, 1.82) is 0 Å². The van der Waals surface area contributed by atoms with Crippen molar-refractivity contribution in [2.24, 2.45) is 0 Å². The zero-order valence-corrected chi connectivity index (χ0v) is 9.90. The van der Waals surface area contributed by atoms with Crippen molar-refractivity contribution in [3.05, 3.63) is 11.7 Å². The Labute approximate surface area is 95.6 Å². The van der Waals surface area contributed by atoms with Gasteiger partial charge in [0.1, 0.15) is 6.10 Å². The molecule has 1 fully saturated rings. The van der Waals surface area contributed by atoms with Gasteiger partial charge in [0.05, 0.1) is 6.04 Å². The lowest BCUT2D eigenvalue weighted by atomic mass is 10.2. The third kappa shape index (κ3) is 2.41. The van der Waals surface area contributed by atoms with Gasteiger partial charge in [-0.1, -0.05) is 18.5 Å². The van der Waals surface area contributed by atoms with Crippen LogP contribution in [0, 0.1) is 0 Å². The van der Waals surface area contributed by atoms with Gasteiger partial charge in [0.2, 0.25) is 11.7 Å². The molecular formula is C11H19N3O2. The van der Waals surface area contributed by atoms with E-state index in [4.69, 9.17) is 9.26 Å². The van der Waals surface area contributed by atoms with Gasteiger partial charge in [0, 0.05) is 7.11 Å². The molecule has 0 bridgehead atoms. The van der Waals surface area contributed by atoms with Crippen molar-refractivity contribution in [3.8, 4) is 0 Å². The molecule has 90 valence electrons. The van der Waals surface area contributed by atoms with E-state index in [1.54, 1.807) is 7.11 Å². The fourth-order valence-corrected chi connectivity index (χ4v) is 2.03. The third-order valence-electron chi connectivity index (χ3n) is 2.94. The summed E-state index contributed by atoms with van der Waals surface area (Å²) >= 11 is 0. The predicted octanol–water partition coefficient (Wildman–Crippen LogP) is 1.98. The highest BCUT2D eigenvalue weighted by Gasteiger charge is 2.24. The second-order valence-electron chi connectivity index (χ2n) is 4.15. The first kappa shape index (κ1) is 11.5. The normalized spacial score (nSPS) is 22.5. The van der Waals surface area contributed by atoms with E-state index in [1.807, 2.05) is 0 Å². The van der Waals surface area contributed by atoms with Crippen LogP contribution in [0.3, 0.4) is 0 Å². The summed E-state index contributed by atoms with van der Waals surface area (Å²) < 4.78 is 10.6. The Morgan fingerprint density at radius 2 is 2.50 bits per heavy atom. The molecule has 1 N–H and O–H groups in total. The molecule has 2 atom stereocenters. The summed E-state index contributed by atoms with van der Waals surface area (Å²) in [6.07, 6.45) is 4.18. The van der Waals surface area contributed by atoms with Crippen molar-refractivity contribution in [3.63, 3.8) is 0 Å². The largest absolute Gasteiger partial charge is 0.373 e. The Morgan fingerprint density at radius 3 is 3.12 bits per heavy atom. The Balaban J connectivity index is 2.05. The fourth-order valence-electron chi connectivity index (χ4n) is 2.03. The van der Waals surface area contributed by atoms with Crippen LogP contribution in [0.5, 0.6) is 0 Å². The lowest BCUT2D eigenvalue weighted by molar-refractivity contribution is 0.0854. The molecule has 2 rings (SSSR count).